The summed E-state index contributed by atoms with van der Waals surface area (Å²) in [6.07, 6.45) is -1.09. The van der Waals surface area contributed by atoms with Gasteiger partial charge in [0, 0.05) is 43.3 Å². The molecule has 0 bridgehead atoms. The Bertz CT molecular complexity index is 1200. The van der Waals surface area contributed by atoms with E-state index in [1.54, 1.807) is 31.2 Å². The molecule has 12 heteroatoms. The molecule has 1 fully saturated rings. The molecule has 40 heavy (non-hydrogen) atoms. The number of hydrogen-bond acceptors (Lipinski definition) is 7. The van der Waals surface area contributed by atoms with Crippen LogP contribution in [-0.2, 0) is 32.1 Å². The van der Waals surface area contributed by atoms with E-state index in [2.05, 4.69) is 5.32 Å². The number of nitrogens with one attached hydrogen (secondary N) is 1. The average Bonchev–Trinajstić information content (AvgIpc) is 3.40. The number of hydrogen-bond donors (Lipinski definition) is 2. The number of thioether (sulfide) groups is 1. The summed E-state index contributed by atoms with van der Waals surface area (Å²) in [5.41, 5.74) is 6.67. The van der Waals surface area contributed by atoms with Gasteiger partial charge in [-0.25, -0.2) is 18.0 Å². The number of halogens is 3. The second-order valence-corrected chi connectivity index (χ2v) is 10.9. The molecule has 1 saturated heterocycles. The normalized spacial score (nSPS) is 16.5. The fraction of sp³-hybridized carbons (Fsp3) is 0.464. The molecule has 1 aliphatic rings. The Labute approximate surface area is 235 Å². The maximum Gasteiger partial charge on any atom is 0.347 e. The Morgan fingerprint density at radius 3 is 2.42 bits per heavy atom. The minimum absolute atomic E-state index is 0.0887. The molecule has 1 aliphatic heterocycles. The minimum atomic E-state index is -1.30. The number of esters is 1. The van der Waals surface area contributed by atoms with E-state index in [0.29, 0.717) is 24.1 Å². The predicted molar refractivity (Wildman–Crippen MR) is 145 cm³/mol. The van der Waals surface area contributed by atoms with Crippen molar-refractivity contribution in [3.63, 3.8) is 0 Å². The number of nitrogens with two attached hydrogens (primary N) is 1. The van der Waals surface area contributed by atoms with Crippen LogP contribution in [0.5, 0.6) is 5.75 Å². The molecular formula is C28H34F3N3O5S. The number of nitrogens with zero attached hydrogens (tertiary/aromatic N) is 1. The van der Waals surface area contributed by atoms with Gasteiger partial charge in [-0.05, 0) is 42.7 Å². The van der Waals surface area contributed by atoms with Crippen LogP contribution >= 0.6 is 11.8 Å². The van der Waals surface area contributed by atoms with Crippen LogP contribution in [0.25, 0.3) is 0 Å². The monoisotopic (exact) mass is 581 g/mol. The Hall–Kier alpha value is -3.25. The first-order valence-corrected chi connectivity index (χ1v) is 14.0. The van der Waals surface area contributed by atoms with Crippen LogP contribution in [0.15, 0.2) is 36.4 Å². The molecule has 2 aromatic rings. The molecule has 8 nitrogen and oxygen atoms in total. The first-order chi connectivity index (χ1) is 19.0. The zero-order valence-corrected chi connectivity index (χ0v) is 23.4. The van der Waals surface area contributed by atoms with Crippen molar-refractivity contribution in [3.05, 3.63) is 65.0 Å². The van der Waals surface area contributed by atoms with E-state index in [1.165, 1.54) is 16.7 Å². The highest BCUT2D eigenvalue weighted by Crippen LogP contribution is 2.26. The minimum Gasteiger partial charge on any atom is -0.478 e. The van der Waals surface area contributed by atoms with Crippen LogP contribution in [0.4, 0.5) is 13.2 Å². The zero-order valence-electron chi connectivity index (χ0n) is 22.6. The molecule has 218 valence electrons. The Kier molecular flexibility index (Phi) is 11.3. The van der Waals surface area contributed by atoms with Crippen molar-refractivity contribution in [2.45, 2.75) is 57.7 Å². The summed E-state index contributed by atoms with van der Waals surface area (Å²) in [6, 6.07) is 7.27. The summed E-state index contributed by atoms with van der Waals surface area (Å²) in [7, 11) is 0. The maximum absolute atomic E-state index is 14.0. The number of carbonyl (C=O) groups is 3. The van der Waals surface area contributed by atoms with Crippen LogP contribution < -0.4 is 15.8 Å². The maximum atomic E-state index is 14.0. The van der Waals surface area contributed by atoms with Crippen molar-refractivity contribution in [3.8, 4) is 5.75 Å². The quantitative estimate of drug-likeness (QED) is 0.291. The fourth-order valence-electron chi connectivity index (χ4n) is 4.15. The molecule has 3 atom stereocenters. The van der Waals surface area contributed by atoms with Gasteiger partial charge in [-0.15, -0.1) is 11.8 Å². The third-order valence-electron chi connectivity index (χ3n) is 6.22. The standard InChI is InChI=1S/C28H34F3N3O5S/c1-4-38-28(37)25(16(2)3)39-20-7-5-17(6-8-20)15-33-26(36)27-34(9-10-40-27)24(35)13-19(32)11-18-12-22(30)23(31)14-21(18)29/h5-8,12,14,16,19,25,27H,4,9-11,13,15,32H2,1-3H3,(H,33,36)/t19-,25+,27?/m1/s1. The third-order valence-corrected chi connectivity index (χ3v) is 7.42. The van der Waals surface area contributed by atoms with Gasteiger partial charge < -0.3 is 25.4 Å². The molecule has 1 heterocycles. The van der Waals surface area contributed by atoms with Crippen LogP contribution in [0.3, 0.4) is 0 Å². The average molecular weight is 582 g/mol. The van der Waals surface area contributed by atoms with Gasteiger partial charge in [-0.1, -0.05) is 26.0 Å². The number of amides is 2. The highest BCUT2D eigenvalue weighted by molar-refractivity contribution is 8.00. The van der Waals surface area contributed by atoms with Crippen molar-refractivity contribution in [2.75, 3.05) is 18.9 Å². The van der Waals surface area contributed by atoms with Crippen LogP contribution in [0.2, 0.25) is 0 Å². The van der Waals surface area contributed by atoms with Gasteiger partial charge in [-0.2, -0.15) is 0 Å². The summed E-state index contributed by atoms with van der Waals surface area (Å²) < 4.78 is 51.5. The van der Waals surface area contributed by atoms with E-state index < -0.39 is 40.9 Å². The first-order valence-electron chi connectivity index (χ1n) is 13.0. The van der Waals surface area contributed by atoms with E-state index in [9.17, 15) is 27.6 Å². The van der Waals surface area contributed by atoms with Crippen molar-refractivity contribution in [2.24, 2.45) is 11.7 Å². The molecule has 1 unspecified atom stereocenters. The highest BCUT2D eigenvalue weighted by atomic mass is 32.2. The van der Waals surface area contributed by atoms with E-state index >= 15 is 0 Å². The van der Waals surface area contributed by atoms with Crippen molar-refractivity contribution < 1.29 is 37.0 Å². The SMILES string of the molecule is CCOC(=O)[C@@H](Oc1ccc(CNC(=O)C2SCCN2C(=O)C[C@H](N)Cc2cc(F)c(F)cc2F)cc1)C(C)C. The van der Waals surface area contributed by atoms with Crippen LogP contribution in [0, 0.1) is 23.4 Å². The van der Waals surface area contributed by atoms with Gasteiger partial charge >= 0.3 is 5.97 Å². The summed E-state index contributed by atoms with van der Waals surface area (Å²) in [5.74, 6) is -3.64. The van der Waals surface area contributed by atoms with Crippen molar-refractivity contribution in [1.29, 1.82) is 0 Å². The first kappa shape index (κ1) is 31.3. The number of carbonyl (C=O) groups excluding carboxylic acids is 3. The molecular weight excluding hydrogens is 547 g/mol. The highest BCUT2D eigenvalue weighted by Gasteiger charge is 2.35. The lowest BCUT2D eigenvalue weighted by Gasteiger charge is -2.24. The Balaban J connectivity index is 1.52. The second-order valence-electron chi connectivity index (χ2n) is 9.73. The molecule has 2 aromatic carbocycles. The lowest BCUT2D eigenvalue weighted by atomic mass is 10.0. The second kappa shape index (κ2) is 14.4. The molecule has 3 N–H and O–H groups in total. The zero-order chi connectivity index (χ0) is 29.4. The summed E-state index contributed by atoms with van der Waals surface area (Å²) >= 11 is 1.31. The number of rotatable bonds is 12. The molecule has 2 amide bonds. The Morgan fingerprint density at radius 1 is 1.10 bits per heavy atom. The number of ether oxygens (including phenoxy) is 2. The molecule has 0 saturated carbocycles. The van der Waals surface area contributed by atoms with E-state index in [0.717, 1.165) is 11.6 Å². The summed E-state index contributed by atoms with van der Waals surface area (Å²) in [5, 5.41) is 2.07. The summed E-state index contributed by atoms with van der Waals surface area (Å²) in [6.45, 7) is 6.27. The lowest BCUT2D eigenvalue weighted by molar-refractivity contribution is -0.153. The summed E-state index contributed by atoms with van der Waals surface area (Å²) in [4.78, 5) is 39.3. The largest absolute Gasteiger partial charge is 0.478 e. The van der Waals surface area contributed by atoms with Gasteiger partial charge in [0.25, 0.3) is 5.91 Å². The van der Waals surface area contributed by atoms with Gasteiger partial charge in [-0.3, -0.25) is 9.59 Å². The van der Waals surface area contributed by atoms with Gasteiger partial charge in [0.2, 0.25) is 5.91 Å². The van der Waals surface area contributed by atoms with Gasteiger partial charge in [0.05, 0.1) is 6.61 Å². The van der Waals surface area contributed by atoms with Crippen LogP contribution in [0.1, 0.15) is 38.3 Å². The molecule has 0 aromatic heterocycles. The van der Waals surface area contributed by atoms with E-state index in [4.69, 9.17) is 15.2 Å². The molecule has 0 spiro atoms. The molecule has 3 rings (SSSR count). The molecule has 0 radical (unpaired) electrons. The molecule has 0 aliphatic carbocycles. The lowest BCUT2D eigenvalue weighted by Crippen LogP contribution is -2.46. The topological polar surface area (TPSA) is 111 Å². The van der Waals surface area contributed by atoms with Crippen LogP contribution in [-0.4, -0.2) is 59.1 Å². The predicted octanol–water partition coefficient (Wildman–Crippen LogP) is 3.55. The number of benzene rings is 2. The van der Waals surface area contributed by atoms with Gasteiger partial charge in [0.1, 0.15) is 11.6 Å². The fourth-order valence-corrected chi connectivity index (χ4v) is 5.31. The van der Waals surface area contributed by atoms with Crippen molar-refractivity contribution in [1.82, 2.24) is 10.2 Å². The van der Waals surface area contributed by atoms with E-state index in [-0.39, 0.29) is 49.3 Å². The Morgan fingerprint density at radius 2 is 1.77 bits per heavy atom. The third kappa shape index (κ3) is 8.37. The van der Waals surface area contributed by atoms with Gasteiger partial charge in [0.15, 0.2) is 23.1 Å². The van der Waals surface area contributed by atoms with Crippen molar-refractivity contribution >= 4 is 29.5 Å². The smallest absolute Gasteiger partial charge is 0.347 e. The van der Waals surface area contributed by atoms with E-state index in [1.807, 2.05) is 13.8 Å².